The molecule has 1 aliphatic carbocycles. The monoisotopic (exact) mass is 203 g/mol. The Morgan fingerprint density at radius 2 is 2.13 bits per heavy atom. The lowest BCUT2D eigenvalue weighted by molar-refractivity contribution is 0.0961. The van der Waals surface area contributed by atoms with Gasteiger partial charge in [0.05, 0.1) is 0 Å². The van der Waals surface area contributed by atoms with Crippen molar-refractivity contribution < 1.29 is 4.79 Å². The van der Waals surface area contributed by atoms with Gasteiger partial charge in [-0.25, -0.2) is 0 Å². The van der Waals surface area contributed by atoms with Gasteiger partial charge >= 0.3 is 0 Å². The van der Waals surface area contributed by atoms with Crippen LogP contribution in [0.4, 0.5) is 0 Å². The smallest absolute Gasteiger partial charge is 0.164 e. The summed E-state index contributed by atoms with van der Waals surface area (Å²) in [6, 6.07) is 1.93. The second kappa shape index (κ2) is 4.56. The van der Waals surface area contributed by atoms with Crippen molar-refractivity contribution in [1.82, 2.24) is 4.98 Å². The predicted octanol–water partition coefficient (Wildman–Crippen LogP) is 3.15. The molecule has 0 aliphatic heterocycles. The van der Waals surface area contributed by atoms with Crippen molar-refractivity contribution in [1.29, 1.82) is 0 Å². The number of hydrogen-bond acceptors (Lipinski definition) is 2. The average molecular weight is 203 g/mol. The third-order valence-electron chi connectivity index (χ3n) is 3.15. The Morgan fingerprint density at radius 1 is 1.40 bits per heavy atom. The average Bonchev–Trinajstić information content (AvgIpc) is 2.70. The summed E-state index contributed by atoms with van der Waals surface area (Å²) in [5.41, 5.74) is 1.84. The standard InChI is InChI=1S/C13H17NO/c1-10-6-12(9-14-8-10)13(15)7-11-4-2-3-5-11/h6,8-9,11H,2-5,7H2,1H3. The number of ketones is 1. The molecule has 1 fully saturated rings. The molecule has 0 aromatic carbocycles. The van der Waals surface area contributed by atoms with E-state index in [4.69, 9.17) is 0 Å². The molecule has 1 aromatic rings. The highest BCUT2D eigenvalue weighted by Gasteiger charge is 2.19. The Kier molecular flexibility index (Phi) is 3.14. The van der Waals surface area contributed by atoms with E-state index in [1.54, 1.807) is 12.4 Å². The summed E-state index contributed by atoms with van der Waals surface area (Å²) in [5, 5.41) is 0. The van der Waals surface area contributed by atoms with Crippen LogP contribution < -0.4 is 0 Å². The number of aromatic nitrogens is 1. The summed E-state index contributed by atoms with van der Waals surface area (Å²) in [6.45, 7) is 1.97. The second-order valence-electron chi connectivity index (χ2n) is 4.53. The first-order valence-electron chi connectivity index (χ1n) is 5.70. The fraction of sp³-hybridized carbons (Fsp3) is 0.538. The number of Topliss-reactive ketones (excluding diaryl/α,β-unsaturated/α-hetero) is 1. The minimum Gasteiger partial charge on any atom is -0.294 e. The minimum atomic E-state index is 0.262. The van der Waals surface area contributed by atoms with Crippen molar-refractivity contribution >= 4 is 5.78 Å². The minimum absolute atomic E-state index is 0.262. The number of carbonyl (C=O) groups excluding carboxylic acids is 1. The number of pyridine rings is 1. The van der Waals surface area contributed by atoms with Gasteiger partial charge in [-0.3, -0.25) is 9.78 Å². The Labute approximate surface area is 90.7 Å². The molecule has 0 bridgehead atoms. The van der Waals surface area contributed by atoms with E-state index in [0.29, 0.717) is 12.3 Å². The van der Waals surface area contributed by atoms with Gasteiger partial charge < -0.3 is 0 Å². The lowest BCUT2D eigenvalue weighted by atomic mass is 9.97. The maximum Gasteiger partial charge on any atom is 0.164 e. The summed E-state index contributed by atoms with van der Waals surface area (Å²) in [5.74, 6) is 0.885. The molecule has 1 aromatic heterocycles. The maximum atomic E-state index is 11.9. The molecule has 0 amide bonds. The van der Waals surface area contributed by atoms with Gasteiger partial charge in [0.15, 0.2) is 5.78 Å². The van der Waals surface area contributed by atoms with Crippen molar-refractivity contribution in [2.24, 2.45) is 5.92 Å². The Balaban J connectivity index is 2.01. The van der Waals surface area contributed by atoms with Crippen LogP contribution in [-0.2, 0) is 0 Å². The van der Waals surface area contributed by atoms with E-state index in [1.165, 1.54) is 25.7 Å². The van der Waals surface area contributed by atoms with E-state index in [9.17, 15) is 4.79 Å². The van der Waals surface area contributed by atoms with Crippen LogP contribution in [0.3, 0.4) is 0 Å². The number of aryl methyl sites for hydroxylation is 1. The Hall–Kier alpha value is -1.18. The summed E-state index contributed by atoms with van der Waals surface area (Å²) in [7, 11) is 0. The van der Waals surface area contributed by atoms with Gasteiger partial charge in [0.2, 0.25) is 0 Å². The Morgan fingerprint density at radius 3 is 2.80 bits per heavy atom. The SMILES string of the molecule is Cc1cncc(C(=O)CC2CCCC2)c1. The van der Waals surface area contributed by atoms with E-state index in [-0.39, 0.29) is 5.78 Å². The van der Waals surface area contributed by atoms with Crippen LogP contribution in [0.2, 0.25) is 0 Å². The number of rotatable bonds is 3. The molecule has 15 heavy (non-hydrogen) atoms. The molecule has 0 N–H and O–H groups in total. The van der Waals surface area contributed by atoms with Crippen LogP contribution in [0.5, 0.6) is 0 Å². The van der Waals surface area contributed by atoms with Gasteiger partial charge in [0, 0.05) is 24.4 Å². The normalized spacial score (nSPS) is 16.9. The number of carbonyl (C=O) groups is 1. The first-order chi connectivity index (χ1) is 7.25. The van der Waals surface area contributed by atoms with Crippen LogP contribution in [-0.4, -0.2) is 10.8 Å². The fourth-order valence-corrected chi connectivity index (χ4v) is 2.30. The molecule has 0 unspecified atom stereocenters. The first-order valence-corrected chi connectivity index (χ1v) is 5.70. The largest absolute Gasteiger partial charge is 0.294 e. The zero-order chi connectivity index (χ0) is 10.7. The van der Waals surface area contributed by atoms with Crippen molar-refractivity contribution in [3.8, 4) is 0 Å². The molecular formula is C13H17NO. The van der Waals surface area contributed by atoms with Crippen molar-refractivity contribution in [3.05, 3.63) is 29.6 Å². The van der Waals surface area contributed by atoms with Gasteiger partial charge in [-0.15, -0.1) is 0 Å². The topological polar surface area (TPSA) is 30.0 Å². The molecule has 2 heteroatoms. The molecule has 0 saturated heterocycles. The summed E-state index contributed by atoms with van der Waals surface area (Å²) < 4.78 is 0. The lowest BCUT2D eigenvalue weighted by Gasteiger charge is -2.07. The third-order valence-corrected chi connectivity index (χ3v) is 3.15. The predicted molar refractivity (Wildman–Crippen MR) is 59.9 cm³/mol. The highest BCUT2D eigenvalue weighted by molar-refractivity contribution is 5.96. The molecule has 1 aliphatic rings. The van der Waals surface area contributed by atoms with Crippen LogP contribution in [0.1, 0.15) is 48.0 Å². The lowest BCUT2D eigenvalue weighted by Crippen LogP contribution is -2.06. The number of hydrogen-bond donors (Lipinski definition) is 0. The number of nitrogens with zero attached hydrogens (tertiary/aromatic N) is 1. The van der Waals surface area contributed by atoms with Gasteiger partial charge in [0.25, 0.3) is 0 Å². The third kappa shape index (κ3) is 2.65. The van der Waals surface area contributed by atoms with Crippen molar-refractivity contribution in [2.45, 2.75) is 39.0 Å². The van der Waals surface area contributed by atoms with Gasteiger partial charge in [0.1, 0.15) is 0 Å². The summed E-state index contributed by atoms with van der Waals surface area (Å²) >= 11 is 0. The fourth-order valence-electron chi connectivity index (χ4n) is 2.30. The summed E-state index contributed by atoms with van der Waals surface area (Å²) in [4.78, 5) is 16.0. The van der Waals surface area contributed by atoms with E-state index >= 15 is 0 Å². The molecule has 2 rings (SSSR count). The molecule has 1 heterocycles. The van der Waals surface area contributed by atoms with Crippen LogP contribution in [0.15, 0.2) is 18.5 Å². The highest BCUT2D eigenvalue weighted by atomic mass is 16.1. The molecule has 0 radical (unpaired) electrons. The second-order valence-corrected chi connectivity index (χ2v) is 4.53. The Bertz CT molecular complexity index is 353. The molecule has 2 nitrogen and oxygen atoms in total. The quantitative estimate of drug-likeness (QED) is 0.706. The maximum absolute atomic E-state index is 11.9. The highest BCUT2D eigenvalue weighted by Crippen LogP contribution is 2.28. The van der Waals surface area contributed by atoms with E-state index in [0.717, 1.165) is 11.1 Å². The zero-order valence-corrected chi connectivity index (χ0v) is 9.20. The van der Waals surface area contributed by atoms with Crippen molar-refractivity contribution in [3.63, 3.8) is 0 Å². The van der Waals surface area contributed by atoms with Gasteiger partial charge in [-0.05, 0) is 24.5 Å². The molecular weight excluding hydrogens is 186 g/mol. The molecule has 80 valence electrons. The van der Waals surface area contributed by atoms with E-state index in [2.05, 4.69) is 4.98 Å². The van der Waals surface area contributed by atoms with Crippen LogP contribution >= 0.6 is 0 Å². The van der Waals surface area contributed by atoms with Crippen molar-refractivity contribution in [2.75, 3.05) is 0 Å². The van der Waals surface area contributed by atoms with Gasteiger partial charge in [-0.1, -0.05) is 25.7 Å². The summed E-state index contributed by atoms with van der Waals surface area (Å²) in [6.07, 6.45) is 9.23. The molecule has 1 saturated carbocycles. The van der Waals surface area contributed by atoms with Gasteiger partial charge in [-0.2, -0.15) is 0 Å². The zero-order valence-electron chi connectivity index (χ0n) is 9.20. The van der Waals surface area contributed by atoms with E-state index in [1.807, 2.05) is 13.0 Å². The molecule has 0 atom stereocenters. The van der Waals surface area contributed by atoms with E-state index < -0.39 is 0 Å². The molecule has 0 spiro atoms. The van der Waals surface area contributed by atoms with Crippen LogP contribution in [0, 0.1) is 12.8 Å². The first kappa shape index (κ1) is 10.3. The van der Waals surface area contributed by atoms with Crippen LogP contribution in [0.25, 0.3) is 0 Å².